The quantitative estimate of drug-likeness (QED) is 0.102. The molecule has 0 radical (unpaired) electrons. The van der Waals surface area contributed by atoms with Crippen LogP contribution in [0.2, 0.25) is 0 Å². The second-order valence-corrected chi connectivity index (χ2v) is 15.5. The summed E-state index contributed by atoms with van der Waals surface area (Å²) in [7, 11) is 0. The van der Waals surface area contributed by atoms with Crippen LogP contribution in [0.15, 0.2) is 218 Å². The molecule has 0 saturated carbocycles. The van der Waals surface area contributed by atoms with Gasteiger partial charge in [-0.15, -0.1) is 0 Å². The molecule has 0 N–H and O–H groups in total. The van der Waals surface area contributed by atoms with E-state index in [9.17, 15) is 5.26 Å². The summed E-state index contributed by atoms with van der Waals surface area (Å²) >= 11 is 0. The molecule has 64 heavy (non-hydrogen) atoms. The molecule has 0 spiro atoms. The molecular formula is C60H40N4. The van der Waals surface area contributed by atoms with Crippen LogP contribution < -0.4 is 9.80 Å². The molecule has 4 heteroatoms. The van der Waals surface area contributed by atoms with E-state index in [1.54, 1.807) is 0 Å². The highest BCUT2D eigenvalue weighted by molar-refractivity contribution is 6.04. The van der Waals surface area contributed by atoms with E-state index in [-0.39, 0.29) is 0 Å². The molecule has 4 nitrogen and oxygen atoms in total. The van der Waals surface area contributed by atoms with E-state index in [0.717, 1.165) is 67.2 Å². The van der Waals surface area contributed by atoms with E-state index in [2.05, 4.69) is 203 Å². The Morgan fingerprint density at radius 2 is 0.797 bits per heavy atom. The SMILES string of the molecule is [C-]#[N+]c1c(/C=C/c2ccc(N(c3ccccc3)c3cccc4ccccc34)cc2)ccc2c(C#N)c(/C=C/c3ccc(N(c4ccccc4)c4cccc5ccccc45)cc3)ccc12. The highest BCUT2D eigenvalue weighted by atomic mass is 15.1. The second kappa shape index (κ2) is 17.6. The number of fused-ring (bicyclic) bond motifs is 3. The first-order valence-corrected chi connectivity index (χ1v) is 21.3. The number of nitriles is 1. The molecule has 0 saturated heterocycles. The number of rotatable bonds is 10. The minimum atomic E-state index is 0.522. The lowest BCUT2D eigenvalue weighted by atomic mass is 9.95. The van der Waals surface area contributed by atoms with Crippen LogP contribution in [0.25, 0.3) is 61.5 Å². The summed E-state index contributed by atoms with van der Waals surface area (Å²) in [5.41, 5.74) is 11.1. The van der Waals surface area contributed by atoms with Crippen LogP contribution in [0.4, 0.5) is 39.8 Å². The number of hydrogen-bond donors (Lipinski definition) is 0. The van der Waals surface area contributed by atoms with Crippen LogP contribution in [0.3, 0.4) is 0 Å². The lowest BCUT2D eigenvalue weighted by molar-refractivity contribution is 1.30. The molecule has 10 rings (SSSR count). The van der Waals surface area contributed by atoms with Gasteiger partial charge in [0.2, 0.25) is 5.69 Å². The highest BCUT2D eigenvalue weighted by Gasteiger charge is 2.17. The molecule has 0 atom stereocenters. The Balaban J connectivity index is 0.912. The Hall–Kier alpha value is -8.96. The number of anilines is 6. The summed E-state index contributed by atoms with van der Waals surface area (Å²) < 4.78 is 0. The molecule has 0 aliphatic rings. The van der Waals surface area contributed by atoms with Crippen molar-refractivity contribution in [3.63, 3.8) is 0 Å². The Bertz CT molecular complexity index is 3200. The van der Waals surface area contributed by atoms with Crippen molar-refractivity contribution in [2.24, 2.45) is 0 Å². The van der Waals surface area contributed by atoms with Crippen molar-refractivity contribution in [3.8, 4) is 6.07 Å². The molecule has 0 heterocycles. The van der Waals surface area contributed by atoms with E-state index in [1.807, 2.05) is 60.7 Å². The largest absolute Gasteiger partial charge is 0.310 e. The normalized spacial score (nSPS) is 11.3. The van der Waals surface area contributed by atoms with Gasteiger partial charge in [-0.3, -0.25) is 0 Å². The minimum Gasteiger partial charge on any atom is -0.310 e. The lowest BCUT2D eigenvalue weighted by Crippen LogP contribution is -2.10. The first-order valence-electron chi connectivity index (χ1n) is 21.3. The number of para-hydroxylation sites is 2. The average Bonchev–Trinajstić information content (AvgIpc) is 3.36. The fourth-order valence-corrected chi connectivity index (χ4v) is 8.60. The van der Waals surface area contributed by atoms with Gasteiger partial charge < -0.3 is 9.80 Å². The summed E-state index contributed by atoms with van der Waals surface area (Å²) in [5.74, 6) is 0. The molecule has 10 aromatic carbocycles. The summed E-state index contributed by atoms with van der Waals surface area (Å²) in [5, 5.41) is 16.7. The number of hydrogen-bond acceptors (Lipinski definition) is 3. The van der Waals surface area contributed by atoms with Gasteiger partial charge in [-0.05, 0) is 104 Å². The summed E-state index contributed by atoms with van der Waals surface area (Å²) in [4.78, 5) is 8.56. The lowest BCUT2D eigenvalue weighted by Gasteiger charge is -2.27. The average molecular weight is 817 g/mol. The predicted molar refractivity (Wildman–Crippen MR) is 270 cm³/mol. The van der Waals surface area contributed by atoms with Gasteiger partial charge in [0.15, 0.2) is 0 Å². The summed E-state index contributed by atoms with van der Waals surface area (Å²) in [6.45, 7) is 8.20. The van der Waals surface area contributed by atoms with E-state index in [0.29, 0.717) is 11.3 Å². The zero-order valence-electron chi connectivity index (χ0n) is 34.9. The smallest absolute Gasteiger partial charge is 0.202 e. The fraction of sp³-hybridized carbons (Fsp3) is 0. The summed E-state index contributed by atoms with van der Waals surface area (Å²) in [6, 6.07) is 77.8. The van der Waals surface area contributed by atoms with Crippen molar-refractivity contribution in [2.45, 2.75) is 0 Å². The molecule has 0 aliphatic carbocycles. The third-order valence-electron chi connectivity index (χ3n) is 11.7. The van der Waals surface area contributed by atoms with E-state index < -0.39 is 0 Å². The molecule has 300 valence electrons. The highest BCUT2D eigenvalue weighted by Crippen LogP contribution is 2.41. The zero-order valence-corrected chi connectivity index (χ0v) is 34.9. The van der Waals surface area contributed by atoms with Crippen LogP contribution in [0.5, 0.6) is 0 Å². The third-order valence-corrected chi connectivity index (χ3v) is 11.7. The second-order valence-electron chi connectivity index (χ2n) is 15.5. The zero-order chi connectivity index (χ0) is 43.2. The topological polar surface area (TPSA) is 34.6 Å². The first-order chi connectivity index (χ1) is 31.7. The van der Waals surface area contributed by atoms with Crippen LogP contribution in [-0.2, 0) is 0 Å². The molecule has 10 aromatic rings. The van der Waals surface area contributed by atoms with E-state index in [1.165, 1.54) is 21.5 Å². The van der Waals surface area contributed by atoms with Crippen LogP contribution >= 0.6 is 0 Å². The molecule has 0 aliphatic heterocycles. The predicted octanol–water partition coefficient (Wildman–Crippen LogP) is 16.8. The Morgan fingerprint density at radius 3 is 1.30 bits per heavy atom. The van der Waals surface area contributed by atoms with Crippen molar-refractivity contribution in [3.05, 3.63) is 258 Å². The Labute approximate surface area is 373 Å². The van der Waals surface area contributed by atoms with Crippen molar-refractivity contribution in [2.75, 3.05) is 9.80 Å². The van der Waals surface area contributed by atoms with Crippen LogP contribution in [-0.4, -0.2) is 0 Å². The van der Waals surface area contributed by atoms with Gasteiger partial charge in [0.25, 0.3) is 0 Å². The van der Waals surface area contributed by atoms with Crippen LogP contribution in [0, 0.1) is 17.9 Å². The van der Waals surface area contributed by atoms with Crippen LogP contribution in [0.1, 0.15) is 27.8 Å². The Kier molecular flexibility index (Phi) is 10.8. The minimum absolute atomic E-state index is 0.522. The van der Waals surface area contributed by atoms with Crippen molar-refractivity contribution in [1.82, 2.24) is 0 Å². The molecule has 0 unspecified atom stereocenters. The standard InChI is InChI=1S/C60H40N4/c1-62-60-48(33-27-44-30-38-52(39-31-44)64(50-20-6-3-7-21-50)59-25-13-17-46-15-9-11-23-54(46)59)35-40-55-56(60)41-34-47(57(55)42-61)32-26-43-28-36-51(37-29-43)63(49-18-4-2-5-19-49)58-24-12-16-45-14-8-10-22-53(45)58/h2-41H/b32-26+,33-27+. The molecule has 0 amide bonds. The van der Waals surface area contributed by atoms with Gasteiger partial charge in [-0.1, -0.05) is 182 Å². The van der Waals surface area contributed by atoms with E-state index >= 15 is 0 Å². The van der Waals surface area contributed by atoms with Crippen molar-refractivity contribution in [1.29, 1.82) is 5.26 Å². The van der Waals surface area contributed by atoms with Crippen molar-refractivity contribution < 1.29 is 0 Å². The van der Waals surface area contributed by atoms with Gasteiger partial charge in [0.1, 0.15) is 6.07 Å². The maximum Gasteiger partial charge on any atom is 0.202 e. The monoisotopic (exact) mass is 816 g/mol. The van der Waals surface area contributed by atoms with Gasteiger partial charge in [0, 0.05) is 33.5 Å². The number of nitrogens with zero attached hydrogens (tertiary/aromatic N) is 4. The molecule has 0 bridgehead atoms. The maximum absolute atomic E-state index is 10.5. The van der Waals surface area contributed by atoms with Crippen molar-refractivity contribution >= 4 is 96.4 Å². The molecule has 0 aromatic heterocycles. The maximum atomic E-state index is 10.5. The van der Waals surface area contributed by atoms with Gasteiger partial charge in [0.05, 0.1) is 23.5 Å². The van der Waals surface area contributed by atoms with Gasteiger partial charge in [-0.25, -0.2) is 4.85 Å². The van der Waals surface area contributed by atoms with Gasteiger partial charge in [-0.2, -0.15) is 5.26 Å². The molecule has 0 fully saturated rings. The number of benzene rings is 10. The third kappa shape index (κ3) is 7.65. The summed E-state index contributed by atoms with van der Waals surface area (Å²) in [6.07, 6.45) is 8.06. The van der Waals surface area contributed by atoms with Gasteiger partial charge >= 0.3 is 0 Å². The first kappa shape index (κ1) is 39.2. The fourth-order valence-electron chi connectivity index (χ4n) is 8.60. The molecular weight excluding hydrogens is 777 g/mol. The Morgan fingerprint density at radius 1 is 0.375 bits per heavy atom. The van der Waals surface area contributed by atoms with E-state index in [4.69, 9.17) is 6.57 Å².